The summed E-state index contributed by atoms with van der Waals surface area (Å²) in [6.07, 6.45) is 3.36. The van der Waals surface area contributed by atoms with Gasteiger partial charge < -0.3 is 14.2 Å². The van der Waals surface area contributed by atoms with E-state index in [1.54, 1.807) is 24.3 Å². The van der Waals surface area contributed by atoms with Gasteiger partial charge in [-0.2, -0.15) is 0 Å². The van der Waals surface area contributed by atoms with Gasteiger partial charge in [0.2, 0.25) is 0 Å². The normalized spacial score (nSPS) is 10.3. The molecule has 0 atom stereocenters. The van der Waals surface area contributed by atoms with Gasteiger partial charge in [-0.15, -0.1) is 0 Å². The molecule has 0 aromatic heterocycles. The molecule has 0 unspecified atom stereocenters. The summed E-state index contributed by atoms with van der Waals surface area (Å²) in [5, 5.41) is 0. The third kappa shape index (κ3) is 4.13. The Morgan fingerprint density at radius 2 is 1.89 bits per heavy atom. The van der Waals surface area contributed by atoms with Crippen LogP contribution in [0.15, 0.2) is 30.4 Å². The second-order valence-electron chi connectivity index (χ2n) is 3.64. The molecule has 0 aliphatic rings. The summed E-state index contributed by atoms with van der Waals surface area (Å²) in [7, 11) is 4.14. The monoisotopic (exact) mass is 264 g/mol. The number of esters is 2. The van der Waals surface area contributed by atoms with Crippen LogP contribution in [-0.2, 0) is 20.7 Å². The van der Waals surface area contributed by atoms with Crippen molar-refractivity contribution in [2.45, 2.75) is 6.42 Å². The molecule has 0 N–H and O–H groups in total. The van der Waals surface area contributed by atoms with Gasteiger partial charge in [0.25, 0.3) is 0 Å². The van der Waals surface area contributed by atoms with E-state index in [1.807, 2.05) is 0 Å². The van der Waals surface area contributed by atoms with Gasteiger partial charge in [0.15, 0.2) is 0 Å². The van der Waals surface area contributed by atoms with Gasteiger partial charge in [-0.25, -0.2) is 9.59 Å². The molecule has 0 aliphatic carbocycles. The first-order valence-electron chi connectivity index (χ1n) is 5.62. The van der Waals surface area contributed by atoms with E-state index in [0.29, 0.717) is 17.7 Å². The standard InChI is InChI=1S/C14H16O5/c1-17-11-8-7-10(5-4-6-13(15)18-2)12(9-11)14(16)19-3/h4,6-9H,5H2,1-3H3. The van der Waals surface area contributed by atoms with E-state index in [1.165, 1.54) is 27.4 Å². The third-order valence-electron chi connectivity index (χ3n) is 2.52. The van der Waals surface area contributed by atoms with Crippen molar-refractivity contribution in [3.63, 3.8) is 0 Å². The average molecular weight is 264 g/mol. The van der Waals surface area contributed by atoms with Crippen LogP contribution in [0, 0.1) is 0 Å². The molecule has 1 aromatic carbocycles. The quantitative estimate of drug-likeness (QED) is 0.599. The summed E-state index contributed by atoms with van der Waals surface area (Å²) >= 11 is 0. The van der Waals surface area contributed by atoms with Crippen LogP contribution in [0.4, 0.5) is 0 Å². The van der Waals surface area contributed by atoms with Gasteiger partial charge in [0.1, 0.15) is 5.75 Å². The summed E-state index contributed by atoms with van der Waals surface area (Å²) in [6, 6.07) is 5.10. The van der Waals surface area contributed by atoms with E-state index in [-0.39, 0.29) is 0 Å². The van der Waals surface area contributed by atoms with Gasteiger partial charge in [-0.05, 0) is 24.1 Å². The lowest BCUT2D eigenvalue weighted by Gasteiger charge is -2.08. The molecule has 0 radical (unpaired) electrons. The largest absolute Gasteiger partial charge is 0.497 e. The molecule has 5 nitrogen and oxygen atoms in total. The van der Waals surface area contributed by atoms with Crippen molar-refractivity contribution in [1.29, 1.82) is 0 Å². The Morgan fingerprint density at radius 1 is 1.16 bits per heavy atom. The summed E-state index contributed by atoms with van der Waals surface area (Å²) in [4.78, 5) is 22.6. The van der Waals surface area contributed by atoms with Crippen molar-refractivity contribution in [3.05, 3.63) is 41.5 Å². The number of carbonyl (C=O) groups excluding carboxylic acids is 2. The Morgan fingerprint density at radius 3 is 2.47 bits per heavy atom. The summed E-state index contributed by atoms with van der Waals surface area (Å²) in [5.41, 5.74) is 1.16. The van der Waals surface area contributed by atoms with Crippen molar-refractivity contribution in [2.24, 2.45) is 0 Å². The van der Waals surface area contributed by atoms with E-state index in [0.717, 1.165) is 5.56 Å². The second-order valence-corrected chi connectivity index (χ2v) is 3.64. The lowest BCUT2D eigenvalue weighted by molar-refractivity contribution is -0.134. The molecule has 0 saturated carbocycles. The maximum absolute atomic E-state index is 11.7. The Kier molecular flexibility index (Phi) is 5.60. The van der Waals surface area contributed by atoms with Crippen LogP contribution in [-0.4, -0.2) is 33.3 Å². The number of hydrogen-bond acceptors (Lipinski definition) is 5. The van der Waals surface area contributed by atoms with Crippen LogP contribution in [0.25, 0.3) is 0 Å². The van der Waals surface area contributed by atoms with Gasteiger partial charge in [-0.1, -0.05) is 12.1 Å². The fourth-order valence-corrected chi connectivity index (χ4v) is 1.51. The minimum absolute atomic E-state index is 0.413. The minimum Gasteiger partial charge on any atom is -0.497 e. The number of benzene rings is 1. The molecule has 0 aliphatic heterocycles. The number of rotatable bonds is 5. The molecule has 102 valence electrons. The van der Waals surface area contributed by atoms with E-state index in [4.69, 9.17) is 9.47 Å². The highest BCUT2D eigenvalue weighted by Gasteiger charge is 2.12. The van der Waals surface area contributed by atoms with Gasteiger partial charge in [0.05, 0.1) is 26.9 Å². The first-order chi connectivity index (χ1) is 9.12. The fraction of sp³-hybridized carbons (Fsp3) is 0.286. The van der Waals surface area contributed by atoms with Crippen LogP contribution < -0.4 is 4.74 Å². The number of ether oxygens (including phenoxy) is 3. The van der Waals surface area contributed by atoms with Crippen LogP contribution in [0.3, 0.4) is 0 Å². The average Bonchev–Trinajstić information content (AvgIpc) is 2.46. The fourth-order valence-electron chi connectivity index (χ4n) is 1.51. The Bertz CT molecular complexity index is 491. The summed E-state index contributed by atoms with van der Waals surface area (Å²) < 4.78 is 14.3. The lowest BCUT2D eigenvalue weighted by atomic mass is 10.0. The number of allylic oxidation sites excluding steroid dienone is 1. The predicted molar refractivity (Wildman–Crippen MR) is 69.2 cm³/mol. The number of methoxy groups -OCH3 is 3. The number of hydrogen-bond donors (Lipinski definition) is 0. The Balaban J connectivity index is 2.96. The molecule has 0 spiro atoms. The SMILES string of the molecule is COC(=O)C=CCc1ccc(OC)cc1C(=O)OC. The van der Waals surface area contributed by atoms with Crippen molar-refractivity contribution < 1.29 is 23.8 Å². The smallest absolute Gasteiger partial charge is 0.338 e. The molecule has 0 saturated heterocycles. The Labute approximate surface area is 111 Å². The molecule has 1 aromatic rings. The molecular formula is C14H16O5. The lowest BCUT2D eigenvalue weighted by Crippen LogP contribution is -2.06. The molecule has 1 rings (SSSR count). The molecule has 0 amide bonds. The molecule has 0 fully saturated rings. The van der Waals surface area contributed by atoms with Gasteiger partial charge in [-0.3, -0.25) is 0 Å². The molecule has 0 heterocycles. The van der Waals surface area contributed by atoms with Crippen LogP contribution in [0.5, 0.6) is 5.75 Å². The summed E-state index contributed by atoms with van der Waals surface area (Å²) in [5.74, 6) is -0.311. The van der Waals surface area contributed by atoms with Crippen molar-refractivity contribution in [2.75, 3.05) is 21.3 Å². The zero-order valence-corrected chi connectivity index (χ0v) is 11.1. The molecule has 5 heteroatoms. The molecular weight excluding hydrogens is 248 g/mol. The predicted octanol–water partition coefficient (Wildman–Crippen LogP) is 1.75. The summed E-state index contributed by atoms with van der Waals surface area (Å²) in [6.45, 7) is 0. The first-order valence-corrected chi connectivity index (χ1v) is 5.62. The van der Waals surface area contributed by atoms with Crippen LogP contribution in [0.1, 0.15) is 15.9 Å². The highest BCUT2D eigenvalue weighted by atomic mass is 16.5. The maximum atomic E-state index is 11.7. The second kappa shape index (κ2) is 7.20. The van der Waals surface area contributed by atoms with E-state index < -0.39 is 11.9 Å². The zero-order chi connectivity index (χ0) is 14.3. The van der Waals surface area contributed by atoms with Crippen LogP contribution >= 0.6 is 0 Å². The van der Waals surface area contributed by atoms with Crippen molar-refractivity contribution in [3.8, 4) is 5.75 Å². The maximum Gasteiger partial charge on any atom is 0.338 e. The topological polar surface area (TPSA) is 61.8 Å². The van der Waals surface area contributed by atoms with Crippen molar-refractivity contribution in [1.82, 2.24) is 0 Å². The van der Waals surface area contributed by atoms with E-state index in [2.05, 4.69) is 4.74 Å². The highest BCUT2D eigenvalue weighted by molar-refractivity contribution is 5.91. The van der Waals surface area contributed by atoms with Crippen LogP contribution in [0.2, 0.25) is 0 Å². The van der Waals surface area contributed by atoms with Gasteiger partial charge in [0, 0.05) is 6.08 Å². The third-order valence-corrected chi connectivity index (χ3v) is 2.52. The number of carbonyl (C=O) groups is 2. The van der Waals surface area contributed by atoms with Gasteiger partial charge >= 0.3 is 11.9 Å². The molecule has 19 heavy (non-hydrogen) atoms. The van der Waals surface area contributed by atoms with E-state index in [9.17, 15) is 9.59 Å². The van der Waals surface area contributed by atoms with Crippen molar-refractivity contribution >= 4 is 11.9 Å². The first kappa shape index (κ1) is 14.8. The highest BCUT2D eigenvalue weighted by Crippen LogP contribution is 2.19. The minimum atomic E-state index is -0.444. The zero-order valence-electron chi connectivity index (χ0n) is 11.1. The Hall–Kier alpha value is -2.30. The van der Waals surface area contributed by atoms with E-state index >= 15 is 0 Å². The molecule has 0 bridgehead atoms.